The van der Waals surface area contributed by atoms with E-state index >= 15 is 0 Å². The van der Waals surface area contributed by atoms with Crippen LogP contribution in [-0.4, -0.2) is 30.4 Å². The number of nitrogens with zero attached hydrogens (tertiary/aromatic N) is 1. The average Bonchev–Trinajstić information content (AvgIpc) is 2.49. The van der Waals surface area contributed by atoms with Gasteiger partial charge in [0.25, 0.3) is 0 Å². The molecule has 0 fully saturated rings. The fraction of sp³-hybridized carbons (Fsp3) is 0.500. The second-order valence-electron chi connectivity index (χ2n) is 3.86. The molecule has 0 aromatic carbocycles. The Balaban J connectivity index is 3.02. The minimum atomic E-state index is -3.50. The molecule has 17 heavy (non-hydrogen) atoms. The van der Waals surface area contributed by atoms with Crippen molar-refractivity contribution in [2.45, 2.75) is 20.4 Å². The van der Waals surface area contributed by atoms with Gasteiger partial charge in [-0.3, -0.25) is 4.79 Å². The summed E-state index contributed by atoms with van der Waals surface area (Å²) in [5, 5.41) is 4.95. The van der Waals surface area contributed by atoms with E-state index < -0.39 is 10.0 Å². The maximum atomic E-state index is 11.5. The van der Waals surface area contributed by atoms with Gasteiger partial charge in [0, 0.05) is 23.5 Å². The predicted molar refractivity (Wildman–Crippen MR) is 66.9 cm³/mol. The molecule has 0 radical (unpaired) electrons. The molecule has 96 valence electrons. The topological polar surface area (TPSA) is 82.2 Å². The average molecular weight is 279 g/mol. The third kappa shape index (κ3) is 3.55. The van der Waals surface area contributed by atoms with Crippen molar-refractivity contribution in [3.05, 3.63) is 23.0 Å². The van der Waals surface area contributed by atoms with Crippen molar-refractivity contribution >= 4 is 27.4 Å². The Labute approximate surface area is 106 Å². The normalized spacial score (nSPS) is 11.8. The molecule has 0 aliphatic carbocycles. The van der Waals surface area contributed by atoms with Crippen molar-refractivity contribution < 1.29 is 13.2 Å². The Kier molecular flexibility index (Phi) is 4.35. The highest BCUT2D eigenvalue weighted by Gasteiger charge is 2.15. The number of nitrogens with two attached hydrogens (primary N) is 1. The van der Waals surface area contributed by atoms with E-state index in [1.807, 2.05) is 0 Å². The van der Waals surface area contributed by atoms with Gasteiger partial charge < -0.3 is 4.57 Å². The molecule has 5 nitrogen and oxygen atoms in total. The first-order valence-electron chi connectivity index (χ1n) is 5.02. The summed E-state index contributed by atoms with van der Waals surface area (Å²) in [4.78, 5) is 11.5. The fourth-order valence-electron chi connectivity index (χ4n) is 1.72. The molecule has 0 aliphatic heterocycles. The van der Waals surface area contributed by atoms with Crippen LogP contribution in [0.5, 0.6) is 0 Å². The van der Waals surface area contributed by atoms with E-state index in [1.165, 1.54) is 0 Å². The summed E-state index contributed by atoms with van der Waals surface area (Å²) >= 11 is 5.50. The summed E-state index contributed by atoms with van der Waals surface area (Å²) in [5.41, 5.74) is 2.07. The molecule has 2 N–H and O–H groups in total. The predicted octanol–water partition coefficient (Wildman–Crippen LogP) is 0.815. The largest absolute Gasteiger partial charge is 0.347 e. The number of rotatable bonds is 5. The Bertz CT molecular complexity index is 534. The number of aryl methyl sites for hydroxylation is 1. The lowest BCUT2D eigenvalue weighted by Gasteiger charge is -2.08. The van der Waals surface area contributed by atoms with Crippen LogP contribution in [0, 0.1) is 13.8 Å². The number of carbonyl (C=O) groups is 1. The Morgan fingerprint density at radius 3 is 2.53 bits per heavy atom. The monoisotopic (exact) mass is 278 g/mol. The summed E-state index contributed by atoms with van der Waals surface area (Å²) in [7, 11) is -3.50. The molecular formula is C10H15ClN2O3S. The quantitative estimate of drug-likeness (QED) is 0.639. The minimum Gasteiger partial charge on any atom is -0.347 e. The van der Waals surface area contributed by atoms with E-state index in [2.05, 4.69) is 0 Å². The maximum Gasteiger partial charge on any atom is 0.210 e. The zero-order valence-electron chi connectivity index (χ0n) is 9.73. The van der Waals surface area contributed by atoms with Gasteiger partial charge in [-0.25, -0.2) is 13.6 Å². The van der Waals surface area contributed by atoms with Crippen molar-refractivity contribution in [3.8, 4) is 0 Å². The molecule has 0 unspecified atom stereocenters. The van der Waals surface area contributed by atoms with Crippen LogP contribution in [0.2, 0.25) is 0 Å². The van der Waals surface area contributed by atoms with Gasteiger partial charge >= 0.3 is 0 Å². The van der Waals surface area contributed by atoms with Crippen LogP contribution in [0.4, 0.5) is 0 Å². The molecule has 0 saturated carbocycles. The first-order chi connectivity index (χ1) is 7.76. The second-order valence-corrected chi connectivity index (χ2v) is 5.86. The van der Waals surface area contributed by atoms with Crippen molar-refractivity contribution in [1.29, 1.82) is 0 Å². The minimum absolute atomic E-state index is 0.0838. The van der Waals surface area contributed by atoms with Crippen LogP contribution >= 0.6 is 11.6 Å². The lowest BCUT2D eigenvalue weighted by molar-refractivity contribution is 0.102. The highest BCUT2D eigenvalue weighted by Crippen LogP contribution is 2.16. The molecule has 1 aromatic heterocycles. The van der Waals surface area contributed by atoms with Crippen LogP contribution in [-0.2, 0) is 16.6 Å². The number of carbonyl (C=O) groups excluding carboxylic acids is 1. The van der Waals surface area contributed by atoms with E-state index in [9.17, 15) is 13.2 Å². The molecule has 1 rings (SSSR count). The van der Waals surface area contributed by atoms with Crippen molar-refractivity contribution in [2.75, 3.05) is 11.6 Å². The molecular weight excluding hydrogens is 264 g/mol. The molecule has 1 aromatic rings. The molecule has 1 heterocycles. The zero-order valence-corrected chi connectivity index (χ0v) is 11.3. The number of hydrogen-bond acceptors (Lipinski definition) is 3. The number of aromatic nitrogens is 1. The number of Topliss-reactive ketones (excluding diaryl/α,β-unsaturated/α-hetero) is 1. The molecule has 0 bridgehead atoms. The second kappa shape index (κ2) is 5.20. The maximum absolute atomic E-state index is 11.5. The number of halogens is 1. The first kappa shape index (κ1) is 14.2. The van der Waals surface area contributed by atoms with E-state index in [4.69, 9.17) is 16.7 Å². The van der Waals surface area contributed by atoms with Crippen molar-refractivity contribution in [2.24, 2.45) is 5.14 Å². The molecule has 0 saturated heterocycles. The SMILES string of the molecule is Cc1cc(C(=O)CCl)c(C)n1CCS(N)(=O)=O. The number of ketones is 1. The van der Waals surface area contributed by atoms with Crippen molar-refractivity contribution in [1.82, 2.24) is 4.57 Å². The number of primary sulfonamides is 1. The van der Waals surface area contributed by atoms with Crippen LogP contribution in [0.25, 0.3) is 0 Å². The fourth-order valence-corrected chi connectivity index (χ4v) is 2.30. The molecule has 7 heteroatoms. The van der Waals surface area contributed by atoms with Crippen LogP contribution < -0.4 is 5.14 Å². The molecule has 0 amide bonds. The van der Waals surface area contributed by atoms with Gasteiger partial charge in [0.2, 0.25) is 10.0 Å². The number of hydrogen-bond donors (Lipinski definition) is 1. The Hall–Kier alpha value is -0.850. The lowest BCUT2D eigenvalue weighted by atomic mass is 10.2. The van der Waals surface area contributed by atoms with Gasteiger partial charge in [-0.15, -0.1) is 11.6 Å². The van der Waals surface area contributed by atoms with Crippen LogP contribution in [0.3, 0.4) is 0 Å². The van der Waals surface area contributed by atoms with E-state index in [0.29, 0.717) is 5.56 Å². The molecule has 0 atom stereocenters. The molecule has 0 aliphatic rings. The van der Waals surface area contributed by atoms with Gasteiger partial charge in [-0.2, -0.15) is 0 Å². The highest BCUT2D eigenvalue weighted by atomic mass is 35.5. The standard InChI is InChI=1S/C10H15ClN2O3S/c1-7-5-9(10(14)6-11)8(2)13(7)3-4-17(12,15)16/h5H,3-4,6H2,1-2H3,(H2,12,15,16). The Morgan fingerprint density at radius 1 is 1.47 bits per heavy atom. The lowest BCUT2D eigenvalue weighted by Crippen LogP contribution is -2.21. The summed E-state index contributed by atoms with van der Waals surface area (Å²) in [6.45, 7) is 3.81. The first-order valence-corrected chi connectivity index (χ1v) is 7.27. The van der Waals surface area contributed by atoms with Gasteiger partial charge in [-0.1, -0.05) is 0 Å². The molecule has 0 spiro atoms. The highest BCUT2D eigenvalue weighted by molar-refractivity contribution is 7.89. The van der Waals surface area contributed by atoms with Crippen LogP contribution in [0.1, 0.15) is 21.7 Å². The third-order valence-corrected chi connectivity index (χ3v) is 3.59. The third-order valence-electron chi connectivity index (χ3n) is 2.59. The smallest absolute Gasteiger partial charge is 0.210 e. The summed E-state index contributed by atoms with van der Waals surface area (Å²) in [5.74, 6) is -0.404. The van der Waals surface area contributed by atoms with Gasteiger partial charge in [0.1, 0.15) is 0 Å². The van der Waals surface area contributed by atoms with Gasteiger partial charge in [0.05, 0.1) is 11.6 Å². The summed E-state index contributed by atoms with van der Waals surface area (Å²) in [6.07, 6.45) is 0. The number of alkyl halides is 1. The van der Waals surface area contributed by atoms with E-state index in [0.717, 1.165) is 11.4 Å². The van der Waals surface area contributed by atoms with Gasteiger partial charge in [-0.05, 0) is 19.9 Å². The van der Waals surface area contributed by atoms with Crippen molar-refractivity contribution in [3.63, 3.8) is 0 Å². The Morgan fingerprint density at radius 2 is 2.06 bits per heavy atom. The van der Waals surface area contributed by atoms with E-state index in [-0.39, 0.29) is 24.0 Å². The number of sulfonamides is 1. The van der Waals surface area contributed by atoms with E-state index in [1.54, 1.807) is 24.5 Å². The zero-order chi connectivity index (χ0) is 13.2. The van der Waals surface area contributed by atoms with Gasteiger partial charge in [0.15, 0.2) is 5.78 Å². The van der Waals surface area contributed by atoms with Crippen LogP contribution in [0.15, 0.2) is 6.07 Å². The summed E-state index contributed by atoms with van der Waals surface area (Å²) < 4.78 is 23.6. The summed E-state index contributed by atoms with van der Waals surface area (Å²) in [6, 6.07) is 1.71.